The Morgan fingerprint density at radius 2 is 2.10 bits per heavy atom. The molecule has 0 spiro atoms. The van der Waals surface area contributed by atoms with Gasteiger partial charge in [0.15, 0.2) is 0 Å². The van der Waals surface area contributed by atoms with Crippen molar-refractivity contribution in [3.8, 4) is 0 Å². The van der Waals surface area contributed by atoms with Gasteiger partial charge in [-0.2, -0.15) is 0 Å². The zero-order chi connectivity index (χ0) is 15.1. The van der Waals surface area contributed by atoms with Crippen LogP contribution in [0.2, 0.25) is 0 Å². The lowest BCUT2D eigenvalue weighted by Gasteiger charge is -2.13. The Morgan fingerprint density at radius 1 is 1.38 bits per heavy atom. The molecule has 21 heavy (non-hydrogen) atoms. The molecule has 0 bridgehead atoms. The molecule has 2 N–H and O–H groups in total. The minimum absolute atomic E-state index is 0.0656. The van der Waals surface area contributed by atoms with E-state index in [9.17, 15) is 4.79 Å². The predicted octanol–water partition coefficient (Wildman–Crippen LogP) is 2.93. The monoisotopic (exact) mass is 310 g/mol. The third kappa shape index (κ3) is 5.34. The summed E-state index contributed by atoms with van der Waals surface area (Å²) >= 11 is 1.40. The van der Waals surface area contributed by atoms with Crippen LogP contribution in [0.1, 0.15) is 58.2 Å². The number of H-pyrrole nitrogens is 1. The van der Waals surface area contributed by atoms with Crippen LogP contribution in [0.3, 0.4) is 0 Å². The number of nitrogens with one attached hydrogen (secondary N) is 2. The first-order chi connectivity index (χ1) is 10.2. The van der Waals surface area contributed by atoms with E-state index < -0.39 is 0 Å². The second kappa shape index (κ2) is 8.41. The van der Waals surface area contributed by atoms with Crippen molar-refractivity contribution in [2.75, 3.05) is 5.75 Å². The molecule has 118 valence electrons. The molecule has 0 saturated heterocycles. The van der Waals surface area contributed by atoms with E-state index >= 15 is 0 Å². The van der Waals surface area contributed by atoms with Gasteiger partial charge in [0.05, 0.1) is 5.75 Å². The normalized spacial score (nSPS) is 15.8. The average Bonchev–Trinajstić information content (AvgIpc) is 3.15. The van der Waals surface area contributed by atoms with Gasteiger partial charge in [-0.3, -0.25) is 9.89 Å². The number of aromatic nitrogens is 3. The molecule has 1 aromatic heterocycles. The maximum atomic E-state index is 11.8. The molecular formula is C15H26N4OS. The smallest absolute Gasteiger partial charge is 0.230 e. The van der Waals surface area contributed by atoms with Crippen LogP contribution in [0.25, 0.3) is 0 Å². The van der Waals surface area contributed by atoms with Gasteiger partial charge in [-0.1, -0.05) is 51.3 Å². The van der Waals surface area contributed by atoms with Gasteiger partial charge in [-0.15, -0.1) is 5.10 Å². The number of aromatic amines is 1. The number of thioether (sulfide) groups is 1. The van der Waals surface area contributed by atoms with E-state index in [1.807, 2.05) is 0 Å². The highest BCUT2D eigenvalue weighted by molar-refractivity contribution is 7.99. The van der Waals surface area contributed by atoms with Gasteiger partial charge in [-0.05, 0) is 18.8 Å². The van der Waals surface area contributed by atoms with Crippen molar-refractivity contribution in [3.63, 3.8) is 0 Å². The summed E-state index contributed by atoms with van der Waals surface area (Å²) < 4.78 is 0. The summed E-state index contributed by atoms with van der Waals surface area (Å²) in [4.78, 5) is 16.3. The summed E-state index contributed by atoms with van der Waals surface area (Å²) in [6, 6.07) is 0.281. The first kappa shape index (κ1) is 16.3. The molecule has 1 aliphatic rings. The van der Waals surface area contributed by atoms with Crippen molar-refractivity contribution < 1.29 is 4.79 Å². The summed E-state index contributed by atoms with van der Waals surface area (Å²) in [6.07, 6.45) is 8.24. The molecule has 5 nitrogen and oxygen atoms in total. The minimum atomic E-state index is 0.0656. The molecule has 0 aromatic carbocycles. The number of hydrogen-bond donors (Lipinski definition) is 2. The van der Waals surface area contributed by atoms with Gasteiger partial charge in [0.1, 0.15) is 5.82 Å². The molecule has 2 rings (SSSR count). The van der Waals surface area contributed by atoms with Crippen LogP contribution >= 0.6 is 11.8 Å². The summed E-state index contributed by atoms with van der Waals surface area (Å²) in [6.45, 7) is 4.18. The highest BCUT2D eigenvalue weighted by atomic mass is 32.2. The molecule has 1 amide bonds. The van der Waals surface area contributed by atoms with Crippen molar-refractivity contribution in [2.45, 2.75) is 70.0 Å². The van der Waals surface area contributed by atoms with E-state index in [1.54, 1.807) is 0 Å². The van der Waals surface area contributed by atoms with E-state index in [2.05, 4.69) is 34.3 Å². The molecule has 0 unspecified atom stereocenters. The van der Waals surface area contributed by atoms with Gasteiger partial charge in [-0.25, -0.2) is 4.98 Å². The van der Waals surface area contributed by atoms with Crippen LogP contribution in [-0.2, 0) is 11.2 Å². The third-order valence-corrected chi connectivity index (χ3v) is 5.00. The topological polar surface area (TPSA) is 70.7 Å². The SMILES string of the molecule is CCC(CC)NC(=O)CSc1n[nH]c(CC2CCCC2)n1. The van der Waals surface area contributed by atoms with Crippen molar-refractivity contribution >= 4 is 17.7 Å². The number of nitrogens with zero attached hydrogens (tertiary/aromatic N) is 2. The second-order valence-electron chi connectivity index (χ2n) is 5.79. The zero-order valence-corrected chi connectivity index (χ0v) is 13.8. The summed E-state index contributed by atoms with van der Waals surface area (Å²) in [5.74, 6) is 2.17. The Balaban J connectivity index is 1.73. The lowest BCUT2D eigenvalue weighted by molar-refractivity contribution is -0.119. The lowest BCUT2D eigenvalue weighted by Crippen LogP contribution is -2.35. The fourth-order valence-electron chi connectivity index (χ4n) is 2.81. The maximum absolute atomic E-state index is 11.8. The first-order valence-electron chi connectivity index (χ1n) is 8.04. The molecule has 1 aromatic rings. The molecule has 1 fully saturated rings. The Bertz CT molecular complexity index is 439. The molecule has 0 atom stereocenters. The van der Waals surface area contributed by atoms with Crippen LogP contribution in [0, 0.1) is 5.92 Å². The highest BCUT2D eigenvalue weighted by Gasteiger charge is 2.17. The number of amides is 1. The number of carbonyl (C=O) groups is 1. The van der Waals surface area contributed by atoms with Crippen LogP contribution in [-0.4, -0.2) is 32.9 Å². The Labute approximate surface area is 131 Å². The van der Waals surface area contributed by atoms with E-state index in [0.717, 1.165) is 31.0 Å². The molecule has 0 aliphatic heterocycles. The fraction of sp³-hybridized carbons (Fsp3) is 0.800. The minimum Gasteiger partial charge on any atom is -0.353 e. The Kier molecular flexibility index (Phi) is 6.54. The summed E-state index contributed by atoms with van der Waals surface area (Å²) in [5.41, 5.74) is 0. The maximum Gasteiger partial charge on any atom is 0.230 e. The van der Waals surface area contributed by atoms with Crippen LogP contribution < -0.4 is 5.32 Å². The van der Waals surface area contributed by atoms with Crippen LogP contribution in [0.15, 0.2) is 5.16 Å². The largest absolute Gasteiger partial charge is 0.353 e. The summed E-state index contributed by atoms with van der Waals surface area (Å²) in [5, 5.41) is 10.9. The number of rotatable bonds is 8. The number of hydrogen-bond acceptors (Lipinski definition) is 4. The Morgan fingerprint density at radius 3 is 2.76 bits per heavy atom. The van der Waals surface area contributed by atoms with Crippen molar-refractivity contribution in [1.82, 2.24) is 20.5 Å². The molecule has 1 aliphatic carbocycles. The second-order valence-corrected chi connectivity index (χ2v) is 6.73. The van der Waals surface area contributed by atoms with E-state index in [1.165, 1.54) is 37.4 Å². The predicted molar refractivity (Wildman–Crippen MR) is 85.3 cm³/mol. The third-order valence-electron chi connectivity index (χ3n) is 4.15. The fourth-order valence-corrected chi connectivity index (χ4v) is 3.44. The lowest BCUT2D eigenvalue weighted by atomic mass is 10.0. The van der Waals surface area contributed by atoms with Crippen LogP contribution in [0.4, 0.5) is 0 Å². The molecule has 1 heterocycles. The highest BCUT2D eigenvalue weighted by Crippen LogP contribution is 2.27. The van der Waals surface area contributed by atoms with Crippen LogP contribution in [0.5, 0.6) is 0 Å². The number of carbonyl (C=O) groups excluding carboxylic acids is 1. The van der Waals surface area contributed by atoms with Gasteiger partial charge in [0.2, 0.25) is 11.1 Å². The van der Waals surface area contributed by atoms with Gasteiger partial charge in [0.25, 0.3) is 0 Å². The molecule has 1 saturated carbocycles. The summed E-state index contributed by atoms with van der Waals surface area (Å²) in [7, 11) is 0. The molecular weight excluding hydrogens is 284 g/mol. The van der Waals surface area contributed by atoms with E-state index in [-0.39, 0.29) is 11.9 Å². The van der Waals surface area contributed by atoms with Crippen molar-refractivity contribution in [1.29, 1.82) is 0 Å². The van der Waals surface area contributed by atoms with Gasteiger partial charge in [0, 0.05) is 12.5 Å². The molecule has 0 radical (unpaired) electrons. The van der Waals surface area contributed by atoms with Crippen molar-refractivity contribution in [2.24, 2.45) is 5.92 Å². The zero-order valence-electron chi connectivity index (χ0n) is 13.0. The van der Waals surface area contributed by atoms with Crippen molar-refractivity contribution in [3.05, 3.63) is 5.82 Å². The standard InChI is InChI=1S/C15H26N4OS/c1-3-12(4-2)16-14(20)10-21-15-17-13(18-19-15)9-11-7-5-6-8-11/h11-12H,3-10H2,1-2H3,(H,16,20)(H,17,18,19). The van der Waals surface area contributed by atoms with E-state index in [0.29, 0.717) is 10.9 Å². The average molecular weight is 310 g/mol. The Hall–Kier alpha value is -1.04. The van der Waals surface area contributed by atoms with Gasteiger partial charge >= 0.3 is 0 Å². The quantitative estimate of drug-likeness (QED) is 0.724. The van der Waals surface area contributed by atoms with E-state index in [4.69, 9.17) is 0 Å². The molecule has 6 heteroatoms. The first-order valence-corrected chi connectivity index (χ1v) is 9.03. The van der Waals surface area contributed by atoms with Gasteiger partial charge < -0.3 is 5.32 Å².